The number of rotatable bonds is 6. The molecule has 22 heavy (non-hydrogen) atoms. The number of nitrogens with one attached hydrogen (secondary N) is 1. The van der Waals surface area contributed by atoms with E-state index in [1.54, 1.807) is 11.8 Å². The van der Waals surface area contributed by atoms with Crippen LogP contribution in [-0.4, -0.2) is 11.7 Å². The van der Waals surface area contributed by atoms with E-state index in [0.29, 0.717) is 5.75 Å². The molecular weight excluding hydrogens is 314 g/mol. The highest BCUT2D eigenvalue weighted by Gasteiger charge is 2.09. The van der Waals surface area contributed by atoms with Gasteiger partial charge in [0.15, 0.2) is 0 Å². The van der Waals surface area contributed by atoms with Crippen molar-refractivity contribution in [2.75, 3.05) is 5.75 Å². The Bertz CT molecular complexity index is 627. The molecule has 0 bridgehead atoms. The van der Waals surface area contributed by atoms with Crippen LogP contribution in [0.5, 0.6) is 0 Å². The van der Waals surface area contributed by atoms with Gasteiger partial charge >= 0.3 is 0 Å². The Morgan fingerprint density at radius 2 is 1.86 bits per heavy atom. The first kappa shape index (κ1) is 16.9. The summed E-state index contributed by atoms with van der Waals surface area (Å²) in [5.74, 6) is 1.22. The molecule has 0 saturated carbocycles. The van der Waals surface area contributed by atoms with Crippen molar-refractivity contribution in [1.29, 1.82) is 0 Å². The molecule has 0 aromatic heterocycles. The van der Waals surface area contributed by atoms with Crippen LogP contribution in [0.15, 0.2) is 48.5 Å². The largest absolute Gasteiger partial charge is 0.349 e. The van der Waals surface area contributed by atoms with Crippen LogP contribution in [0.2, 0.25) is 5.02 Å². The smallest absolute Gasteiger partial charge is 0.230 e. The van der Waals surface area contributed by atoms with E-state index in [-0.39, 0.29) is 11.9 Å². The molecule has 1 N–H and O–H groups in total. The maximum absolute atomic E-state index is 12.0. The van der Waals surface area contributed by atoms with Crippen molar-refractivity contribution in [1.82, 2.24) is 5.32 Å². The molecule has 0 aliphatic carbocycles. The first-order valence-corrected chi connectivity index (χ1v) is 8.76. The van der Waals surface area contributed by atoms with Gasteiger partial charge in [0.25, 0.3) is 0 Å². The van der Waals surface area contributed by atoms with Crippen LogP contribution >= 0.6 is 23.4 Å². The lowest BCUT2D eigenvalue weighted by Crippen LogP contribution is -2.28. The van der Waals surface area contributed by atoms with Gasteiger partial charge in [-0.3, -0.25) is 4.79 Å². The van der Waals surface area contributed by atoms with Crippen LogP contribution in [0.3, 0.4) is 0 Å². The highest BCUT2D eigenvalue weighted by Crippen LogP contribution is 2.21. The highest BCUT2D eigenvalue weighted by atomic mass is 35.5. The molecule has 2 aromatic rings. The third-order valence-corrected chi connectivity index (χ3v) is 4.75. The van der Waals surface area contributed by atoms with Crippen LogP contribution in [-0.2, 0) is 10.5 Å². The zero-order chi connectivity index (χ0) is 15.9. The second-order valence-corrected chi connectivity index (χ2v) is 6.68. The van der Waals surface area contributed by atoms with Crippen molar-refractivity contribution in [3.05, 3.63) is 70.2 Å². The van der Waals surface area contributed by atoms with E-state index in [9.17, 15) is 4.79 Å². The standard InChI is InChI=1S/C18H20ClNOS/c1-13-7-9-15(10-8-13)14(2)20-18(21)12-22-11-16-5-3-4-6-17(16)19/h3-10,14H,11-12H2,1-2H3,(H,20,21)/t14-/m0/s1. The zero-order valence-electron chi connectivity index (χ0n) is 12.8. The Hall–Kier alpha value is -1.45. The molecule has 2 nitrogen and oxygen atoms in total. The molecule has 0 aliphatic rings. The average molecular weight is 334 g/mol. The zero-order valence-corrected chi connectivity index (χ0v) is 14.4. The average Bonchev–Trinajstić information content (AvgIpc) is 2.50. The molecule has 1 amide bonds. The van der Waals surface area contributed by atoms with Crippen LogP contribution in [0.25, 0.3) is 0 Å². The lowest BCUT2D eigenvalue weighted by Gasteiger charge is -2.14. The summed E-state index contributed by atoms with van der Waals surface area (Å²) in [7, 11) is 0. The van der Waals surface area contributed by atoms with Gasteiger partial charge in [0.05, 0.1) is 11.8 Å². The Morgan fingerprint density at radius 1 is 1.18 bits per heavy atom. The Kier molecular flexibility index (Phi) is 6.34. The molecule has 0 saturated heterocycles. The van der Waals surface area contributed by atoms with Gasteiger partial charge in [0.1, 0.15) is 0 Å². The minimum Gasteiger partial charge on any atom is -0.349 e. The summed E-state index contributed by atoms with van der Waals surface area (Å²) in [4.78, 5) is 12.0. The summed E-state index contributed by atoms with van der Waals surface area (Å²) in [5, 5.41) is 3.78. The quantitative estimate of drug-likeness (QED) is 0.825. The Morgan fingerprint density at radius 3 is 2.55 bits per heavy atom. The maximum Gasteiger partial charge on any atom is 0.230 e. The molecule has 0 fully saturated rings. The summed E-state index contributed by atoms with van der Waals surface area (Å²) >= 11 is 7.67. The van der Waals surface area contributed by atoms with Crippen molar-refractivity contribution in [3.63, 3.8) is 0 Å². The van der Waals surface area contributed by atoms with Crippen molar-refractivity contribution in [2.45, 2.75) is 25.6 Å². The molecule has 0 aliphatic heterocycles. The van der Waals surface area contributed by atoms with Gasteiger partial charge in [0, 0.05) is 10.8 Å². The molecule has 0 spiro atoms. The maximum atomic E-state index is 12.0. The third-order valence-electron chi connectivity index (χ3n) is 3.40. The Labute approximate surface area is 141 Å². The number of thioether (sulfide) groups is 1. The number of hydrogen-bond donors (Lipinski definition) is 1. The van der Waals surface area contributed by atoms with Crippen LogP contribution in [0.1, 0.15) is 29.7 Å². The van der Waals surface area contributed by atoms with E-state index in [1.807, 2.05) is 31.2 Å². The summed E-state index contributed by atoms with van der Waals surface area (Å²) in [6, 6.07) is 16.0. The number of amides is 1. The number of carbonyl (C=O) groups is 1. The molecular formula is C18H20ClNOS. The van der Waals surface area contributed by atoms with Gasteiger partial charge in [-0.15, -0.1) is 11.8 Å². The number of carbonyl (C=O) groups excluding carboxylic acids is 1. The van der Waals surface area contributed by atoms with Crippen molar-refractivity contribution in [3.8, 4) is 0 Å². The third kappa shape index (κ3) is 5.08. The SMILES string of the molecule is Cc1ccc([C@H](C)NC(=O)CSCc2ccccc2Cl)cc1. The lowest BCUT2D eigenvalue weighted by atomic mass is 10.1. The monoisotopic (exact) mass is 333 g/mol. The number of hydrogen-bond acceptors (Lipinski definition) is 2. The molecule has 0 heterocycles. The van der Waals surface area contributed by atoms with Gasteiger partial charge in [0.2, 0.25) is 5.91 Å². The van der Waals surface area contributed by atoms with Gasteiger partial charge in [-0.05, 0) is 31.0 Å². The van der Waals surface area contributed by atoms with Crippen LogP contribution < -0.4 is 5.32 Å². The predicted molar refractivity (Wildman–Crippen MR) is 95.4 cm³/mol. The molecule has 0 unspecified atom stereocenters. The molecule has 0 radical (unpaired) electrons. The molecule has 4 heteroatoms. The van der Waals surface area contributed by atoms with E-state index in [1.165, 1.54) is 5.56 Å². The van der Waals surface area contributed by atoms with Crippen molar-refractivity contribution < 1.29 is 4.79 Å². The van der Waals surface area contributed by atoms with Crippen LogP contribution in [0, 0.1) is 6.92 Å². The lowest BCUT2D eigenvalue weighted by molar-refractivity contribution is -0.119. The summed E-state index contributed by atoms with van der Waals surface area (Å²) in [6.45, 7) is 4.06. The second kappa shape index (κ2) is 8.25. The summed E-state index contributed by atoms with van der Waals surface area (Å²) < 4.78 is 0. The van der Waals surface area contributed by atoms with E-state index < -0.39 is 0 Å². The number of benzene rings is 2. The van der Waals surface area contributed by atoms with Gasteiger partial charge in [-0.2, -0.15) is 0 Å². The molecule has 116 valence electrons. The molecule has 1 atom stereocenters. The fourth-order valence-corrected chi connectivity index (χ4v) is 3.21. The molecule has 2 aromatic carbocycles. The highest BCUT2D eigenvalue weighted by molar-refractivity contribution is 7.99. The number of halogens is 1. The van der Waals surface area contributed by atoms with Crippen molar-refractivity contribution >= 4 is 29.3 Å². The van der Waals surface area contributed by atoms with Gasteiger partial charge in [-0.1, -0.05) is 59.6 Å². The normalized spacial score (nSPS) is 12.0. The van der Waals surface area contributed by atoms with Gasteiger partial charge < -0.3 is 5.32 Å². The Balaban J connectivity index is 1.78. The summed E-state index contributed by atoms with van der Waals surface area (Å²) in [6.07, 6.45) is 0. The fraction of sp³-hybridized carbons (Fsp3) is 0.278. The van der Waals surface area contributed by atoms with E-state index in [0.717, 1.165) is 21.9 Å². The topological polar surface area (TPSA) is 29.1 Å². The van der Waals surface area contributed by atoms with Crippen LogP contribution in [0.4, 0.5) is 0 Å². The number of aryl methyl sites for hydroxylation is 1. The van der Waals surface area contributed by atoms with Gasteiger partial charge in [-0.25, -0.2) is 0 Å². The summed E-state index contributed by atoms with van der Waals surface area (Å²) in [5.41, 5.74) is 3.40. The van der Waals surface area contributed by atoms with E-state index in [2.05, 4.69) is 36.5 Å². The fourth-order valence-electron chi connectivity index (χ4n) is 2.09. The van der Waals surface area contributed by atoms with E-state index >= 15 is 0 Å². The first-order valence-electron chi connectivity index (χ1n) is 7.23. The second-order valence-electron chi connectivity index (χ2n) is 5.28. The molecule has 2 rings (SSSR count). The first-order chi connectivity index (χ1) is 10.6. The van der Waals surface area contributed by atoms with Crippen molar-refractivity contribution in [2.24, 2.45) is 0 Å². The minimum absolute atomic E-state index is 0.0222. The predicted octanol–water partition coefficient (Wildman–Crippen LogP) is 4.76. The van der Waals surface area contributed by atoms with E-state index in [4.69, 9.17) is 11.6 Å². The minimum atomic E-state index is 0.0222.